The van der Waals surface area contributed by atoms with Gasteiger partial charge in [-0.25, -0.2) is 10.8 Å². The number of ether oxygens (including phenoxy) is 1. The highest BCUT2D eigenvalue weighted by Gasteiger charge is 2.14. The molecular formula is C15H19N3O2S. The van der Waals surface area contributed by atoms with E-state index in [0.29, 0.717) is 17.3 Å². The summed E-state index contributed by atoms with van der Waals surface area (Å²) < 4.78 is 5.74. The lowest BCUT2D eigenvalue weighted by Gasteiger charge is -2.19. The van der Waals surface area contributed by atoms with Crippen LogP contribution in [0.4, 0.5) is 0 Å². The molecule has 1 aromatic heterocycles. The van der Waals surface area contributed by atoms with Crippen molar-refractivity contribution in [3.63, 3.8) is 0 Å². The number of carbonyl (C=O) groups excluding carboxylic acids is 1. The molecule has 3 N–H and O–H groups in total. The fourth-order valence-corrected chi connectivity index (χ4v) is 2.45. The number of amides is 1. The summed E-state index contributed by atoms with van der Waals surface area (Å²) in [6.07, 6.45) is 0. The molecular weight excluding hydrogens is 286 g/mol. The van der Waals surface area contributed by atoms with Crippen LogP contribution >= 0.6 is 11.3 Å². The Balaban J connectivity index is 2.03. The van der Waals surface area contributed by atoms with Gasteiger partial charge < -0.3 is 4.74 Å². The van der Waals surface area contributed by atoms with Gasteiger partial charge in [-0.3, -0.25) is 10.2 Å². The van der Waals surface area contributed by atoms with Crippen molar-refractivity contribution in [3.8, 4) is 5.75 Å². The van der Waals surface area contributed by atoms with Crippen LogP contribution in [0.15, 0.2) is 29.6 Å². The third-order valence-corrected chi connectivity index (χ3v) is 3.85. The number of benzene rings is 1. The zero-order valence-corrected chi connectivity index (χ0v) is 13.2. The van der Waals surface area contributed by atoms with Crippen LogP contribution in [0, 0.1) is 0 Å². The predicted octanol–water partition coefficient (Wildman–Crippen LogP) is 2.62. The van der Waals surface area contributed by atoms with Gasteiger partial charge in [0.25, 0.3) is 5.91 Å². The van der Waals surface area contributed by atoms with Gasteiger partial charge in [0, 0.05) is 5.38 Å². The molecule has 0 aliphatic carbocycles. The first-order valence-electron chi connectivity index (χ1n) is 6.59. The Morgan fingerprint density at radius 3 is 2.86 bits per heavy atom. The maximum atomic E-state index is 11.3. The van der Waals surface area contributed by atoms with Crippen LogP contribution in [0.3, 0.4) is 0 Å². The van der Waals surface area contributed by atoms with Gasteiger partial charge in [0.15, 0.2) is 5.01 Å². The van der Waals surface area contributed by atoms with Crippen molar-refractivity contribution < 1.29 is 9.53 Å². The lowest BCUT2D eigenvalue weighted by atomic mass is 9.87. The first-order valence-corrected chi connectivity index (χ1v) is 7.47. The van der Waals surface area contributed by atoms with Crippen LogP contribution in [0.2, 0.25) is 0 Å². The second-order valence-corrected chi connectivity index (χ2v) is 6.54. The van der Waals surface area contributed by atoms with Crippen molar-refractivity contribution in [2.45, 2.75) is 32.8 Å². The average Bonchev–Trinajstić information content (AvgIpc) is 2.92. The number of hydrogen-bond donors (Lipinski definition) is 2. The Morgan fingerprint density at radius 2 is 2.19 bits per heavy atom. The van der Waals surface area contributed by atoms with Crippen molar-refractivity contribution >= 4 is 17.2 Å². The monoisotopic (exact) mass is 305 g/mol. The summed E-state index contributed by atoms with van der Waals surface area (Å²) in [7, 11) is 0. The van der Waals surface area contributed by atoms with E-state index >= 15 is 0 Å². The van der Waals surface area contributed by atoms with E-state index in [2.05, 4.69) is 37.2 Å². The lowest BCUT2D eigenvalue weighted by molar-refractivity contribution is 0.0953. The molecule has 0 atom stereocenters. The smallest absolute Gasteiger partial charge is 0.294 e. The minimum absolute atomic E-state index is 0.0758. The van der Waals surface area contributed by atoms with Crippen molar-refractivity contribution in [1.29, 1.82) is 0 Å². The fourth-order valence-electron chi connectivity index (χ4n) is 1.75. The number of carbonyl (C=O) groups is 1. The molecule has 5 nitrogen and oxygen atoms in total. The molecule has 0 unspecified atom stereocenters. The van der Waals surface area contributed by atoms with Crippen LogP contribution < -0.4 is 16.0 Å². The summed E-state index contributed by atoms with van der Waals surface area (Å²) in [5, 5.41) is 2.12. The van der Waals surface area contributed by atoms with Crippen LogP contribution in [0.25, 0.3) is 0 Å². The van der Waals surface area contributed by atoms with Gasteiger partial charge in [-0.2, -0.15) is 0 Å². The number of thiazole rings is 1. The van der Waals surface area contributed by atoms with Gasteiger partial charge in [-0.05, 0) is 23.1 Å². The molecule has 21 heavy (non-hydrogen) atoms. The third kappa shape index (κ3) is 4.03. The van der Waals surface area contributed by atoms with Crippen LogP contribution in [0.1, 0.15) is 41.8 Å². The molecule has 1 aromatic carbocycles. The number of hydrogen-bond acceptors (Lipinski definition) is 5. The summed E-state index contributed by atoms with van der Waals surface area (Å²) in [5.74, 6) is 5.48. The Morgan fingerprint density at radius 1 is 1.43 bits per heavy atom. The molecule has 2 rings (SSSR count). The Labute approximate surface area is 128 Å². The van der Waals surface area contributed by atoms with Crippen LogP contribution in [-0.4, -0.2) is 10.9 Å². The number of nitrogens with zero attached hydrogens (tertiary/aromatic N) is 1. The van der Waals surface area contributed by atoms with Gasteiger partial charge in [0.2, 0.25) is 0 Å². The number of hydrazine groups is 1. The van der Waals surface area contributed by atoms with Gasteiger partial charge in [0.1, 0.15) is 12.4 Å². The van der Waals surface area contributed by atoms with E-state index < -0.39 is 0 Å². The molecule has 0 fully saturated rings. The van der Waals surface area contributed by atoms with Crippen molar-refractivity contribution in [2.24, 2.45) is 5.84 Å². The molecule has 1 amide bonds. The summed E-state index contributed by atoms with van der Waals surface area (Å²) in [5.41, 5.74) is 4.05. The molecule has 0 bridgehead atoms. The molecule has 0 radical (unpaired) electrons. The van der Waals surface area contributed by atoms with Crippen molar-refractivity contribution in [2.75, 3.05) is 0 Å². The zero-order chi connectivity index (χ0) is 15.5. The maximum absolute atomic E-state index is 11.3. The Kier molecular flexibility index (Phi) is 4.59. The third-order valence-electron chi connectivity index (χ3n) is 2.96. The molecule has 6 heteroatoms. The van der Waals surface area contributed by atoms with Crippen molar-refractivity contribution in [3.05, 3.63) is 45.9 Å². The first kappa shape index (κ1) is 15.5. The highest BCUT2D eigenvalue weighted by Crippen LogP contribution is 2.26. The molecule has 0 aliphatic heterocycles. The second kappa shape index (κ2) is 6.24. The van der Waals surface area contributed by atoms with E-state index in [1.807, 2.05) is 18.2 Å². The van der Waals surface area contributed by atoms with Gasteiger partial charge >= 0.3 is 0 Å². The number of nitrogen functional groups attached to an aromatic ring is 1. The molecule has 0 spiro atoms. The van der Waals surface area contributed by atoms with E-state index in [0.717, 1.165) is 5.75 Å². The number of aromatic nitrogens is 1. The second-order valence-electron chi connectivity index (χ2n) is 5.68. The number of nitrogens with one attached hydrogen (secondary N) is 1. The summed E-state index contributed by atoms with van der Waals surface area (Å²) >= 11 is 1.24. The Bertz CT molecular complexity index is 632. The predicted molar refractivity (Wildman–Crippen MR) is 83.2 cm³/mol. The van der Waals surface area contributed by atoms with E-state index in [1.54, 1.807) is 5.38 Å². The van der Waals surface area contributed by atoms with Gasteiger partial charge in [0.05, 0.1) is 5.69 Å². The highest BCUT2D eigenvalue weighted by molar-refractivity contribution is 7.11. The molecule has 0 saturated carbocycles. The van der Waals surface area contributed by atoms with Crippen LogP contribution in [0.5, 0.6) is 5.75 Å². The van der Waals surface area contributed by atoms with Gasteiger partial charge in [-0.15, -0.1) is 11.3 Å². The molecule has 2 aromatic rings. The van der Waals surface area contributed by atoms with E-state index in [1.165, 1.54) is 16.9 Å². The lowest BCUT2D eigenvalue weighted by Crippen LogP contribution is -2.29. The largest absolute Gasteiger partial charge is 0.487 e. The van der Waals surface area contributed by atoms with Gasteiger partial charge in [-0.1, -0.05) is 32.9 Å². The molecule has 112 valence electrons. The number of rotatable bonds is 4. The summed E-state index contributed by atoms with van der Waals surface area (Å²) in [6.45, 7) is 6.79. The average molecular weight is 305 g/mol. The van der Waals surface area contributed by atoms with E-state index in [-0.39, 0.29) is 11.3 Å². The molecule has 1 heterocycles. The Hall–Kier alpha value is -1.92. The molecule has 0 aliphatic rings. The van der Waals surface area contributed by atoms with E-state index in [9.17, 15) is 4.79 Å². The number of nitrogens with two attached hydrogens (primary N) is 1. The van der Waals surface area contributed by atoms with Crippen molar-refractivity contribution in [1.82, 2.24) is 10.4 Å². The minimum Gasteiger partial charge on any atom is -0.487 e. The quantitative estimate of drug-likeness (QED) is 0.517. The first-order chi connectivity index (χ1) is 9.90. The molecule has 0 saturated heterocycles. The maximum Gasteiger partial charge on any atom is 0.294 e. The standard InChI is InChI=1S/C15H19N3O2S/c1-15(2,3)10-5-4-6-12(7-10)20-8-11-9-21-14(17-11)13(19)18-16/h4-7,9H,8,16H2,1-3H3,(H,18,19). The normalized spacial score (nSPS) is 11.2. The topological polar surface area (TPSA) is 77.2 Å². The zero-order valence-electron chi connectivity index (χ0n) is 12.3. The highest BCUT2D eigenvalue weighted by atomic mass is 32.1. The van der Waals surface area contributed by atoms with Crippen LogP contribution in [-0.2, 0) is 12.0 Å². The fraction of sp³-hybridized carbons (Fsp3) is 0.333. The summed E-state index contributed by atoms with van der Waals surface area (Å²) in [6, 6.07) is 8.00. The summed E-state index contributed by atoms with van der Waals surface area (Å²) in [4.78, 5) is 15.5. The SMILES string of the molecule is CC(C)(C)c1cccc(OCc2csc(C(=O)NN)n2)c1. The van der Waals surface area contributed by atoms with E-state index in [4.69, 9.17) is 10.6 Å². The minimum atomic E-state index is -0.388.